The number of aromatic amines is 1. The lowest BCUT2D eigenvalue weighted by molar-refractivity contribution is -0.116. The normalized spacial score (nSPS) is 11.5. The molecule has 2 rings (SSSR count). The summed E-state index contributed by atoms with van der Waals surface area (Å²) in [5.41, 5.74) is 0. The molecule has 0 aliphatic rings. The zero-order chi connectivity index (χ0) is 16.0. The topological polar surface area (TPSA) is 108 Å². The molecule has 118 valence electrons. The highest BCUT2D eigenvalue weighted by Gasteiger charge is 2.20. The van der Waals surface area contributed by atoms with Gasteiger partial charge in [0.1, 0.15) is 6.33 Å². The van der Waals surface area contributed by atoms with E-state index >= 15 is 0 Å². The summed E-state index contributed by atoms with van der Waals surface area (Å²) in [5, 5.41) is 8.65. The molecular weight excluding hydrogens is 306 g/mol. The van der Waals surface area contributed by atoms with E-state index in [4.69, 9.17) is 0 Å². The molecule has 0 atom stereocenters. The van der Waals surface area contributed by atoms with Gasteiger partial charge in [-0.25, -0.2) is 17.8 Å². The zero-order valence-corrected chi connectivity index (χ0v) is 12.9. The Bertz CT molecular complexity index is 701. The summed E-state index contributed by atoms with van der Waals surface area (Å²) >= 11 is 0. The van der Waals surface area contributed by atoms with E-state index in [2.05, 4.69) is 20.5 Å². The Morgan fingerprint density at radius 2 is 2.05 bits per heavy atom. The molecule has 8 nitrogen and oxygen atoms in total. The van der Waals surface area contributed by atoms with Crippen LogP contribution in [0.25, 0.3) is 0 Å². The van der Waals surface area contributed by atoms with Crippen molar-refractivity contribution in [2.24, 2.45) is 0 Å². The van der Waals surface area contributed by atoms with Gasteiger partial charge in [-0.1, -0.05) is 18.2 Å². The van der Waals surface area contributed by atoms with Gasteiger partial charge in [0, 0.05) is 20.0 Å². The summed E-state index contributed by atoms with van der Waals surface area (Å²) in [4.78, 5) is 15.7. The number of amides is 1. The second-order valence-corrected chi connectivity index (χ2v) is 6.67. The zero-order valence-electron chi connectivity index (χ0n) is 12.1. The summed E-state index contributed by atoms with van der Waals surface area (Å²) in [5.74, 6) is 0.0255. The third-order valence-electron chi connectivity index (χ3n) is 3.00. The van der Waals surface area contributed by atoms with Crippen molar-refractivity contribution in [1.82, 2.24) is 19.5 Å². The van der Waals surface area contributed by atoms with Gasteiger partial charge in [0.05, 0.1) is 4.90 Å². The molecule has 1 aromatic heterocycles. The molecule has 1 aromatic carbocycles. The van der Waals surface area contributed by atoms with E-state index in [1.807, 2.05) is 0 Å². The predicted molar refractivity (Wildman–Crippen MR) is 80.5 cm³/mol. The Morgan fingerprint density at radius 1 is 1.32 bits per heavy atom. The third-order valence-corrected chi connectivity index (χ3v) is 4.87. The Labute approximate surface area is 128 Å². The van der Waals surface area contributed by atoms with Crippen molar-refractivity contribution < 1.29 is 13.2 Å². The van der Waals surface area contributed by atoms with Crippen LogP contribution in [0.5, 0.6) is 0 Å². The molecule has 2 aromatic rings. The quantitative estimate of drug-likeness (QED) is 0.785. The lowest BCUT2D eigenvalue weighted by Crippen LogP contribution is -2.28. The number of nitrogens with zero attached hydrogens (tertiary/aromatic N) is 3. The lowest BCUT2D eigenvalue weighted by Gasteiger charge is -2.16. The van der Waals surface area contributed by atoms with Crippen LogP contribution in [0.15, 0.2) is 41.6 Å². The second kappa shape index (κ2) is 7.14. The third kappa shape index (κ3) is 4.12. The van der Waals surface area contributed by atoms with Gasteiger partial charge in [-0.3, -0.25) is 10.1 Å². The van der Waals surface area contributed by atoms with Gasteiger partial charge in [0.2, 0.25) is 21.9 Å². The fourth-order valence-electron chi connectivity index (χ4n) is 1.82. The van der Waals surface area contributed by atoms with Crippen LogP contribution >= 0.6 is 0 Å². The number of aromatic nitrogens is 3. The first-order chi connectivity index (χ1) is 10.5. The van der Waals surface area contributed by atoms with Crippen LogP contribution in [-0.2, 0) is 14.8 Å². The fraction of sp³-hybridized carbons (Fsp3) is 0.308. The fourth-order valence-corrected chi connectivity index (χ4v) is 3.05. The SMILES string of the molecule is CN(CCCC(=O)Nc1ncn[nH]1)S(=O)(=O)c1ccccc1. The first-order valence-electron chi connectivity index (χ1n) is 6.67. The van der Waals surface area contributed by atoms with Crippen LogP contribution < -0.4 is 5.32 Å². The van der Waals surface area contributed by atoms with Gasteiger partial charge < -0.3 is 0 Å². The van der Waals surface area contributed by atoms with E-state index in [1.54, 1.807) is 30.3 Å². The predicted octanol–water partition coefficient (Wildman–Crippen LogP) is 0.844. The number of carbonyl (C=O) groups is 1. The van der Waals surface area contributed by atoms with Crippen LogP contribution in [0.3, 0.4) is 0 Å². The number of hydrogen-bond donors (Lipinski definition) is 2. The van der Waals surface area contributed by atoms with E-state index in [0.717, 1.165) is 0 Å². The van der Waals surface area contributed by atoms with E-state index in [-0.39, 0.29) is 29.7 Å². The number of benzene rings is 1. The minimum atomic E-state index is -3.51. The molecule has 0 aliphatic heterocycles. The Balaban J connectivity index is 1.82. The Morgan fingerprint density at radius 3 is 2.68 bits per heavy atom. The molecule has 1 amide bonds. The lowest BCUT2D eigenvalue weighted by atomic mass is 10.3. The van der Waals surface area contributed by atoms with E-state index in [0.29, 0.717) is 6.42 Å². The molecule has 0 radical (unpaired) electrons. The summed E-state index contributed by atoms with van der Waals surface area (Å²) in [6.45, 7) is 0.251. The van der Waals surface area contributed by atoms with Gasteiger partial charge >= 0.3 is 0 Å². The molecule has 0 saturated heterocycles. The molecule has 0 fully saturated rings. The number of H-pyrrole nitrogens is 1. The molecular formula is C13H17N5O3S. The van der Waals surface area contributed by atoms with Crippen LogP contribution in [0, 0.1) is 0 Å². The summed E-state index contributed by atoms with van der Waals surface area (Å²) in [6, 6.07) is 8.19. The molecule has 1 heterocycles. The smallest absolute Gasteiger partial charge is 0.242 e. The van der Waals surface area contributed by atoms with E-state index < -0.39 is 10.0 Å². The van der Waals surface area contributed by atoms with Crippen molar-refractivity contribution in [2.45, 2.75) is 17.7 Å². The van der Waals surface area contributed by atoms with Crippen LogP contribution in [0.2, 0.25) is 0 Å². The second-order valence-electron chi connectivity index (χ2n) is 4.63. The highest BCUT2D eigenvalue weighted by molar-refractivity contribution is 7.89. The molecule has 0 saturated carbocycles. The van der Waals surface area contributed by atoms with Crippen molar-refractivity contribution in [2.75, 3.05) is 18.9 Å². The Kier molecular flexibility index (Phi) is 5.23. The number of carbonyl (C=O) groups excluding carboxylic acids is 1. The molecule has 2 N–H and O–H groups in total. The molecule has 0 bridgehead atoms. The van der Waals surface area contributed by atoms with Crippen molar-refractivity contribution in [1.29, 1.82) is 0 Å². The minimum absolute atomic E-state index is 0.190. The van der Waals surface area contributed by atoms with Crippen molar-refractivity contribution in [3.8, 4) is 0 Å². The van der Waals surface area contributed by atoms with Crippen LogP contribution in [-0.4, -0.2) is 47.4 Å². The van der Waals surface area contributed by atoms with Gasteiger partial charge in [-0.05, 0) is 18.6 Å². The first kappa shape index (κ1) is 16.1. The number of anilines is 1. The highest BCUT2D eigenvalue weighted by Crippen LogP contribution is 2.14. The maximum atomic E-state index is 12.3. The largest absolute Gasteiger partial charge is 0.295 e. The standard InChI is InChI=1S/C13H17N5O3S/c1-18(22(20,21)11-6-3-2-4-7-11)9-5-8-12(19)16-13-14-10-15-17-13/h2-4,6-7,10H,5,8-9H2,1H3,(H2,14,15,16,17,19). The van der Waals surface area contributed by atoms with Crippen molar-refractivity contribution >= 4 is 21.9 Å². The minimum Gasteiger partial charge on any atom is -0.295 e. The van der Waals surface area contributed by atoms with Gasteiger partial charge in [0.25, 0.3) is 0 Å². The maximum absolute atomic E-state index is 12.3. The molecule has 22 heavy (non-hydrogen) atoms. The van der Waals surface area contributed by atoms with E-state index in [1.165, 1.54) is 17.7 Å². The monoisotopic (exact) mass is 323 g/mol. The van der Waals surface area contributed by atoms with Gasteiger partial charge in [0.15, 0.2) is 0 Å². The molecule has 0 unspecified atom stereocenters. The van der Waals surface area contributed by atoms with Crippen molar-refractivity contribution in [3.05, 3.63) is 36.7 Å². The molecule has 9 heteroatoms. The van der Waals surface area contributed by atoms with Crippen LogP contribution in [0.4, 0.5) is 5.95 Å². The summed E-state index contributed by atoms with van der Waals surface area (Å²) in [7, 11) is -2.02. The highest BCUT2D eigenvalue weighted by atomic mass is 32.2. The summed E-state index contributed by atoms with van der Waals surface area (Å²) < 4.78 is 25.8. The van der Waals surface area contributed by atoms with Crippen molar-refractivity contribution in [3.63, 3.8) is 0 Å². The average Bonchev–Trinajstić information content (AvgIpc) is 3.00. The number of hydrogen-bond acceptors (Lipinski definition) is 5. The van der Waals surface area contributed by atoms with E-state index in [9.17, 15) is 13.2 Å². The number of rotatable bonds is 7. The Hall–Kier alpha value is -2.26. The van der Waals surface area contributed by atoms with Crippen LogP contribution in [0.1, 0.15) is 12.8 Å². The molecule has 0 spiro atoms. The van der Waals surface area contributed by atoms with Gasteiger partial charge in [-0.15, -0.1) is 0 Å². The summed E-state index contributed by atoms with van der Waals surface area (Å²) in [6.07, 6.45) is 1.88. The molecule has 0 aliphatic carbocycles. The average molecular weight is 323 g/mol. The maximum Gasteiger partial charge on any atom is 0.242 e. The number of nitrogens with one attached hydrogen (secondary N) is 2. The first-order valence-corrected chi connectivity index (χ1v) is 8.11. The van der Waals surface area contributed by atoms with Gasteiger partial charge in [-0.2, -0.15) is 10.1 Å². The number of sulfonamides is 1.